The third-order valence-electron chi connectivity index (χ3n) is 0.958. The van der Waals surface area contributed by atoms with Crippen molar-refractivity contribution in [3.8, 4) is 0 Å². The molecule has 0 radical (unpaired) electrons. The fourth-order valence-corrected chi connectivity index (χ4v) is 0.568. The Hall–Kier alpha value is -0.0800. The standard InChI is InChI=1S/C6H8O.CH3Br/c7-6-4-2-1-3-5-6;1-2/h1-4,6-7H,5H2;1H3. The molecule has 0 aliphatic heterocycles. The molecule has 0 amide bonds. The number of alkyl halides is 1. The Bertz CT molecular complexity index is 107. The molecule has 2 heteroatoms. The van der Waals surface area contributed by atoms with Crippen LogP contribution in [0.25, 0.3) is 0 Å². The third kappa shape index (κ3) is 4.43. The second kappa shape index (κ2) is 6.05. The maximum absolute atomic E-state index is 8.77. The smallest absolute Gasteiger partial charge is 0.0758 e. The molecular weight excluding hydrogens is 180 g/mol. The summed E-state index contributed by atoms with van der Waals surface area (Å²) in [5.74, 6) is 1.81. The van der Waals surface area contributed by atoms with Crippen molar-refractivity contribution in [2.24, 2.45) is 0 Å². The van der Waals surface area contributed by atoms with Gasteiger partial charge < -0.3 is 5.11 Å². The van der Waals surface area contributed by atoms with Gasteiger partial charge in [-0.05, 0) is 12.3 Å². The Labute approximate surface area is 64.2 Å². The topological polar surface area (TPSA) is 20.2 Å². The van der Waals surface area contributed by atoms with E-state index in [-0.39, 0.29) is 6.10 Å². The minimum absolute atomic E-state index is 0.231. The van der Waals surface area contributed by atoms with E-state index in [4.69, 9.17) is 5.11 Å². The van der Waals surface area contributed by atoms with Gasteiger partial charge in [0.15, 0.2) is 0 Å². The van der Waals surface area contributed by atoms with Crippen molar-refractivity contribution >= 4 is 15.9 Å². The van der Waals surface area contributed by atoms with Crippen LogP contribution in [0.2, 0.25) is 0 Å². The highest BCUT2D eigenvalue weighted by atomic mass is 79.9. The molecule has 1 atom stereocenters. The normalized spacial score (nSPS) is 22.8. The molecule has 1 aliphatic rings. The van der Waals surface area contributed by atoms with E-state index in [0.717, 1.165) is 6.42 Å². The molecule has 0 bridgehead atoms. The molecule has 1 rings (SSSR count). The summed E-state index contributed by atoms with van der Waals surface area (Å²) in [5.41, 5.74) is 0. The zero-order valence-electron chi connectivity index (χ0n) is 5.42. The van der Waals surface area contributed by atoms with Gasteiger partial charge in [0.2, 0.25) is 0 Å². The van der Waals surface area contributed by atoms with Crippen molar-refractivity contribution in [1.29, 1.82) is 0 Å². The minimum Gasteiger partial charge on any atom is -0.389 e. The maximum Gasteiger partial charge on any atom is 0.0758 e. The predicted molar refractivity (Wildman–Crippen MR) is 43.8 cm³/mol. The molecule has 1 aliphatic carbocycles. The first kappa shape index (κ1) is 8.92. The number of allylic oxidation sites excluding steroid dienone is 2. The summed E-state index contributed by atoms with van der Waals surface area (Å²) in [6.07, 6.45) is 8.06. The van der Waals surface area contributed by atoms with E-state index in [0.29, 0.717) is 0 Å². The Morgan fingerprint density at radius 3 is 2.33 bits per heavy atom. The molecule has 0 aromatic heterocycles. The van der Waals surface area contributed by atoms with Crippen LogP contribution in [0.15, 0.2) is 24.3 Å². The van der Waals surface area contributed by atoms with Crippen LogP contribution >= 0.6 is 15.9 Å². The van der Waals surface area contributed by atoms with E-state index in [1.165, 1.54) is 0 Å². The van der Waals surface area contributed by atoms with Gasteiger partial charge in [-0.15, -0.1) is 0 Å². The molecule has 9 heavy (non-hydrogen) atoms. The molecule has 1 nitrogen and oxygen atoms in total. The van der Waals surface area contributed by atoms with Gasteiger partial charge in [-0.2, -0.15) is 0 Å². The van der Waals surface area contributed by atoms with E-state index in [1.54, 1.807) is 6.08 Å². The number of halogens is 1. The lowest BCUT2D eigenvalue weighted by Crippen LogP contribution is -2.00. The summed E-state index contributed by atoms with van der Waals surface area (Å²) < 4.78 is 0. The highest BCUT2D eigenvalue weighted by molar-refractivity contribution is 9.08. The average molecular weight is 191 g/mol. The number of rotatable bonds is 0. The SMILES string of the molecule is CBr.OC1C=CC=CC1. The molecule has 0 aromatic carbocycles. The van der Waals surface area contributed by atoms with Crippen LogP contribution in [0, 0.1) is 0 Å². The molecule has 52 valence electrons. The first-order valence-electron chi connectivity index (χ1n) is 2.79. The van der Waals surface area contributed by atoms with E-state index >= 15 is 0 Å². The fraction of sp³-hybridized carbons (Fsp3) is 0.429. The summed E-state index contributed by atoms with van der Waals surface area (Å²) in [7, 11) is 0. The first-order chi connectivity index (χ1) is 4.39. The van der Waals surface area contributed by atoms with Gasteiger partial charge in [-0.1, -0.05) is 40.2 Å². The van der Waals surface area contributed by atoms with Crippen LogP contribution in [0.1, 0.15) is 6.42 Å². The molecule has 0 fully saturated rings. The van der Waals surface area contributed by atoms with Gasteiger partial charge in [-0.25, -0.2) is 0 Å². The molecule has 0 spiro atoms. The maximum atomic E-state index is 8.77. The summed E-state index contributed by atoms with van der Waals surface area (Å²) in [4.78, 5) is 0. The first-order valence-corrected chi connectivity index (χ1v) is 4.37. The summed E-state index contributed by atoms with van der Waals surface area (Å²) in [6.45, 7) is 0. The van der Waals surface area contributed by atoms with E-state index in [2.05, 4.69) is 15.9 Å². The molecule has 0 heterocycles. The zero-order valence-corrected chi connectivity index (χ0v) is 7.01. The van der Waals surface area contributed by atoms with Crippen LogP contribution in [-0.2, 0) is 0 Å². The van der Waals surface area contributed by atoms with Crippen LogP contribution in [0.4, 0.5) is 0 Å². The average Bonchev–Trinajstić information content (AvgIpc) is 1.94. The van der Waals surface area contributed by atoms with Gasteiger partial charge >= 0.3 is 0 Å². The molecule has 0 saturated carbocycles. The Morgan fingerprint density at radius 2 is 2.11 bits per heavy atom. The fourth-order valence-electron chi connectivity index (χ4n) is 0.568. The van der Waals surface area contributed by atoms with Crippen LogP contribution in [-0.4, -0.2) is 17.0 Å². The second-order valence-electron chi connectivity index (χ2n) is 1.62. The van der Waals surface area contributed by atoms with Crippen LogP contribution in [0.5, 0.6) is 0 Å². The largest absolute Gasteiger partial charge is 0.389 e. The molecule has 1 unspecified atom stereocenters. The lowest BCUT2D eigenvalue weighted by atomic mass is 10.1. The van der Waals surface area contributed by atoms with Crippen molar-refractivity contribution in [3.05, 3.63) is 24.3 Å². The minimum atomic E-state index is -0.231. The Kier molecular flexibility index (Phi) is 5.99. The summed E-state index contributed by atoms with van der Waals surface area (Å²) in [6, 6.07) is 0. The third-order valence-corrected chi connectivity index (χ3v) is 0.958. The highest BCUT2D eigenvalue weighted by Crippen LogP contribution is 2.00. The second-order valence-corrected chi connectivity index (χ2v) is 1.62. The lowest BCUT2D eigenvalue weighted by Gasteiger charge is -2.01. The predicted octanol–water partition coefficient (Wildman–Crippen LogP) is 1.87. The van der Waals surface area contributed by atoms with Gasteiger partial charge in [0.05, 0.1) is 6.10 Å². The summed E-state index contributed by atoms with van der Waals surface area (Å²) in [5, 5.41) is 8.77. The van der Waals surface area contributed by atoms with Crippen molar-refractivity contribution in [2.75, 3.05) is 5.83 Å². The van der Waals surface area contributed by atoms with E-state index < -0.39 is 0 Å². The number of aliphatic hydroxyl groups is 1. The molecular formula is C7H11BrO. The van der Waals surface area contributed by atoms with Crippen molar-refractivity contribution < 1.29 is 5.11 Å². The molecule has 0 aromatic rings. The quantitative estimate of drug-likeness (QED) is 0.579. The van der Waals surface area contributed by atoms with E-state index in [9.17, 15) is 0 Å². The summed E-state index contributed by atoms with van der Waals surface area (Å²) >= 11 is 2.94. The van der Waals surface area contributed by atoms with Gasteiger partial charge in [-0.3, -0.25) is 0 Å². The molecule has 0 saturated heterocycles. The van der Waals surface area contributed by atoms with Gasteiger partial charge in [0.25, 0.3) is 0 Å². The number of hydrogen-bond acceptors (Lipinski definition) is 1. The zero-order chi connectivity index (χ0) is 7.11. The Balaban J connectivity index is 0.000000291. The van der Waals surface area contributed by atoms with Crippen LogP contribution < -0.4 is 0 Å². The lowest BCUT2D eigenvalue weighted by molar-refractivity contribution is 0.225. The molecule has 1 N–H and O–H groups in total. The van der Waals surface area contributed by atoms with Crippen LogP contribution in [0.3, 0.4) is 0 Å². The van der Waals surface area contributed by atoms with Crippen molar-refractivity contribution in [3.63, 3.8) is 0 Å². The number of hydrogen-bond donors (Lipinski definition) is 1. The van der Waals surface area contributed by atoms with E-state index in [1.807, 2.05) is 24.1 Å². The van der Waals surface area contributed by atoms with Gasteiger partial charge in [0.1, 0.15) is 0 Å². The van der Waals surface area contributed by atoms with Crippen molar-refractivity contribution in [2.45, 2.75) is 12.5 Å². The van der Waals surface area contributed by atoms with Crippen molar-refractivity contribution in [1.82, 2.24) is 0 Å². The monoisotopic (exact) mass is 190 g/mol. The Morgan fingerprint density at radius 1 is 1.44 bits per heavy atom. The van der Waals surface area contributed by atoms with Gasteiger partial charge in [0, 0.05) is 0 Å². The highest BCUT2D eigenvalue weighted by Gasteiger charge is 1.95. The number of aliphatic hydroxyl groups excluding tert-OH is 1.